The van der Waals surface area contributed by atoms with Crippen LogP contribution in [0.4, 0.5) is 0 Å². The topological polar surface area (TPSA) is 73.9 Å². The second-order valence-electron chi connectivity index (χ2n) is 6.11. The first-order chi connectivity index (χ1) is 10.6. The zero-order valence-electron chi connectivity index (χ0n) is 13.6. The molecule has 7 heteroatoms. The number of carbonyl (C=O) groups excluding carboxylic acids is 2. The van der Waals surface area contributed by atoms with Crippen molar-refractivity contribution in [2.45, 2.75) is 31.8 Å². The molecule has 0 bridgehead atoms. The van der Waals surface area contributed by atoms with Crippen LogP contribution in [0.3, 0.4) is 0 Å². The lowest BCUT2D eigenvalue weighted by atomic mass is 10.2. The Morgan fingerprint density at radius 3 is 2.50 bits per heavy atom. The second-order valence-corrected chi connectivity index (χ2v) is 6.11. The zero-order valence-corrected chi connectivity index (χ0v) is 13.6. The maximum absolute atomic E-state index is 12.0. The molecule has 1 aliphatic carbocycles. The van der Waals surface area contributed by atoms with Crippen LogP contribution in [0.25, 0.3) is 0 Å². The Morgan fingerprint density at radius 1 is 1.23 bits per heavy atom. The zero-order chi connectivity index (χ0) is 15.9. The number of hydrogen-bond donors (Lipinski definition) is 2. The number of piperazine rings is 1. The third-order valence-corrected chi connectivity index (χ3v) is 4.25. The van der Waals surface area contributed by atoms with Crippen molar-refractivity contribution in [3.63, 3.8) is 0 Å². The molecule has 2 N–H and O–H groups in total. The van der Waals surface area contributed by atoms with Gasteiger partial charge in [0.25, 0.3) is 0 Å². The summed E-state index contributed by atoms with van der Waals surface area (Å²) >= 11 is 0. The Hall–Kier alpha value is -1.18. The number of carbonyl (C=O) groups is 2. The van der Waals surface area contributed by atoms with Gasteiger partial charge in [0.2, 0.25) is 11.8 Å². The Morgan fingerprint density at radius 2 is 1.91 bits per heavy atom. The summed E-state index contributed by atoms with van der Waals surface area (Å²) in [5, 5.41) is 5.88. The van der Waals surface area contributed by atoms with Gasteiger partial charge < -0.3 is 15.4 Å². The van der Waals surface area contributed by atoms with Crippen molar-refractivity contribution >= 4 is 11.8 Å². The molecule has 0 aromatic carbocycles. The third-order valence-electron chi connectivity index (χ3n) is 4.25. The molecule has 1 saturated carbocycles. The minimum absolute atomic E-state index is 0.0389. The molecular weight excluding hydrogens is 284 g/mol. The molecule has 1 aliphatic heterocycles. The van der Waals surface area contributed by atoms with Crippen molar-refractivity contribution in [1.29, 1.82) is 0 Å². The molecule has 0 aromatic rings. The number of nitrogens with one attached hydrogen (secondary N) is 2. The fourth-order valence-electron chi connectivity index (χ4n) is 2.60. The van der Waals surface area contributed by atoms with E-state index in [9.17, 15) is 9.59 Å². The van der Waals surface area contributed by atoms with Crippen molar-refractivity contribution < 1.29 is 14.3 Å². The highest BCUT2D eigenvalue weighted by Crippen LogP contribution is 2.18. The van der Waals surface area contributed by atoms with Crippen LogP contribution < -0.4 is 10.6 Å². The highest BCUT2D eigenvalue weighted by Gasteiger charge is 2.27. The fraction of sp³-hybridized carbons (Fsp3) is 0.867. The maximum Gasteiger partial charge on any atom is 0.237 e. The Balaban J connectivity index is 1.64. The number of methoxy groups -OCH3 is 1. The van der Waals surface area contributed by atoms with Crippen molar-refractivity contribution in [1.82, 2.24) is 20.4 Å². The van der Waals surface area contributed by atoms with Crippen LogP contribution in [0.15, 0.2) is 0 Å². The summed E-state index contributed by atoms with van der Waals surface area (Å²) in [5.74, 6) is 0.165. The van der Waals surface area contributed by atoms with E-state index in [4.69, 9.17) is 4.74 Å². The third kappa shape index (κ3) is 5.55. The predicted octanol–water partition coefficient (Wildman–Crippen LogP) is -0.966. The van der Waals surface area contributed by atoms with Gasteiger partial charge in [0.1, 0.15) is 0 Å². The lowest BCUT2D eigenvalue weighted by Gasteiger charge is -2.37. The van der Waals surface area contributed by atoms with E-state index in [0.29, 0.717) is 25.7 Å². The minimum Gasteiger partial charge on any atom is -0.383 e. The first-order valence-corrected chi connectivity index (χ1v) is 8.12. The normalized spacial score (nSPS) is 21.4. The van der Waals surface area contributed by atoms with Gasteiger partial charge in [0.05, 0.1) is 19.2 Å². The molecule has 126 valence electrons. The van der Waals surface area contributed by atoms with E-state index < -0.39 is 0 Å². The van der Waals surface area contributed by atoms with Gasteiger partial charge in [-0.3, -0.25) is 19.4 Å². The molecule has 1 unspecified atom stereocenters. The van der Waals surface area contributed by atoms with Crippen LogP contribution in [0.2, 0.25) is 0 Å². The van der Waals surface area contributed by atoms with Gasteiger partial charge in [-0.05, 0) is 19.8 Å². The van der Waals surface area contributed by atoms with Crippen LogP contribution in [0, 0.1) is 0 Å². The molecule has 2 aliphatic rings. The molecule has 22 heavy (non-hydrogen) atoms. The highest BCUT2D eigenvalue weighted by atomic mass is 16.5. The average molecular weight is 312 g/mol. The molecule has 0 aromatic heterocycles. The molecule has 1 heterocycles. The minimum atomic E-state index is -0.140. The van der Waals surface area contributed by atoms with Crippen molar-refractivity contribution in [2.24, 2.45) is 0 Å². The monoisotopic (exact) mass is 312 g/mol. The fourth-order valence-corrected chi connectivity index (χ4v) is 2.60. The van der Waals surface area contributed by atoms with E-state index in [1.807, 2.05) is 6.92 Å². The maximum atomic E-state index is 12.0. The van der Waals surface area contributed by atoms with Crippen molar-refractivity contribution in [2.75, 3.05) is 53.0 Å². The van der Waals surface area contributed by atoms with Gasteiger partial charge in [-0.2, -0.15) is 0 Å². The second kappa shape index (κ2) is 8.45. The predicted molar refractivity (Wildman–Crippen MR) is 83.5 cm³/mol. The summed E-state index contributed by atoms with van der Waals surface area (Å²) in [6, 6.07) is 0.281. The number of ether oxygens (including phenoxy) is 1. The van der Waals surface area contributed by atoms with E-state index in [1.54, 1.807) is 7.11 Å². The standard InChI is InChI=1S/C15H28N4O3/c1-12(15(21)16-5-10-22-2)19-8-6-18(7-9-19)11-14(20)17-13-3-4-13/h12-13H,3-11H2,1-2H3,(H,16,21)(H,17,20). The molecular formula is C15H28N4O3. The highest BCUT2D eigenvalue weighted by molar-refractivity contribution is 5.81. The van der Waals surface area contributed by atoms with E-state index in [2.05, 4.69) is 20.4 Å². The molecule has 2 rings (SSSR count). The van der Waals surface area contributed by atoms with Crippen LogP contribution in [-0.2, 0) is 14.3 Å². The van der Waals surface area contributed by atoms with E-state index >= 15 is 0 Å². The Bertz CT molecular complexity index is 379. The van der Waals surface area contributed by atoms with Gasteiger partial charge in [0.15, 0.2) is 0 Å². The van der Waals surface area contributed by atoms with Crippen LogP contribution >= 0.6 is 0 Å². The Kier molecular flexibility index (Phi) is 6.60. The lowest BCUT2D eigenvalue weighted by Crippen LogP contribution is -2.55. The molecule has 1 atom stereocenters. The largest absolute Gasteiger partial charge is 0.383 e. The van der Waals surface area contributed by atoms with Crippen molar-refractivity contribution in [3.05, 3.63) is 0 Å². The van der Waals surface area contributed by atoms with E-state index in [-0.39, 0.29) is 17.9 Å². The molecule has 7 nitrogen and oxygen atoms in total. The smallest absolute Gasteiger partial charge is 0.237 e. The number of rotatable bonds is 8. The Labute approximate surface area is 132 Å². The first kappa shape index (κ1) is 17.2. The number of hydrogen-bond acceptors (Lipinski definition) is 5. The lowest BCUT2D eigenvalue weighted by molar-refractivity contribution is -0.128. The molecule has 2 amide bonds. The summed E-state index contributed by atoms with van der Waals surface area (Å²) in [6.45, 7) is 6.76. The van der Waals surface area contributed by atoms with E-state index in [0.717, 1.165) is 39.0 Å². The molecule has 0 spiro atoms. The van der Waals surface area contributed by atoms with Gasteiger partial charge in [0, 0.05) is 45.9 Å². The summed E-state index contributed by atoms with van der Waals surface area (Å²) < 4.78 is 4.93. The first-order valence-electron chi connectivity index (χ1n) is 8.12. The molecule has 2 fully saturated rings. The molecule has 1 saturated heterocycles. The SMILES string of the molecule is COCCNC(=O)C(C)N1CCN(CC(=O)NC2CC2)CC1. The van der Waals surface area contributed by atoms with Crippen LogP contribution in [-0.4, -0.2) is 86.7 Å². The molecule has 0 radical (unpaired) electrons. The number of nitrogens with zero attached hydrogens (tertiary/aromatic N) is 2. The van der Waals surface area contributed by atoms with Gasteiger partial charge in [-0.15, -0.1) is 0 Å². The summed E-state index contributed by atoms with van der Waals surface area (Å²) in [5.41, 5.74) is 0. The van der Waals surface area contributed by atoms with Crippen molar-refractivity contribution in [3.8, 4) is 0 Å². The summed E-state index contributed by atoms with van der Waals surface area (Å²) in [4.78, 5) is 28.1. The van der Waals surface area contributed by atoms with Gasteiger partial charge in [-0.25, -0.2) is 0 Å². The van der Waals surface area contributed by atoms with Gasteiger partial charge in [-0.1, -0.05) is 0 Å². The summed E-state index contributed by atoms with van der Waals surface area (Å²) in [7, 11) is 1.62. The van der Waals surface area contributed by atoms with Crippen LogP contribution in [0.1, 0.15) is 19.8 Å². The van der Waals surface area contributed by atoms with Gasteiger partial charge >= 0.3 is 0 Å². The quantitative estimate of drug-likeness (QED) is 0.565. The average Bonchev–Trinajstić information content (AvgIpc) is 3.31. The number of amides is 2. The summed E-state index contributed by atoms with van der Waals surface area (Å²) in [6.07, 6.45) is 2.24. The van der Waals surface area contributed by atoms with E-state index in [1.165, 1.54) is 0 Å². The van der Waals surface area contributed by atoms with Crippen LogP contribution in [0.5, 0.6) is 0 Å².